The summed E-state index contributed by atoms with van der Waals surface area (Å²) in [4.78, 5) is 28.4. The van der Waals surface area contributed by atoms with Gasteiger partial charge in [-0.3, -0.25) is 9.59 Å². The quantitative estimate of drug-likeness (QED) is 0.421. The number of allylic oxidation sites excluding steroid dienone is 2. The minimum absolute atomic E-state index is 0.135. The molecule has 0 fully saturated rings. The first-order chi connectivity index (χ1) is 16.5. The number of hydrogen-bond acceptors (Lipinski definition) is 6. The minimum Gasteiger partial charge on any atom is -0.493 e. The van der Waals surface area contributed by atoms with Crippen LogP contribution in [0.5, 0.6) is 17.2 Å². The standard InChI is InChI=1S/C28H25NO5/c1-32-24-15-23(16-25(33-2)28(24)34-3)29-17-21(26(30)19-10-6-4-7-11-19)14-22(18-29)27(31)20-12-8-5-9-13-20/h4-13,15-18H,14H2,1-3H3. The van der Waals surface area contributed by atoms with E-state index in [-0.39, 0.29) is 18.0 Å². The van der Waals surface area contributed by atoms with Crippen molar-refractivity contribution in [1.29, 1.82) is 0 Å². The van der Waals surface area contributed by atoms with E-state index in [4.69, 9.17) is 14.2 Å². The van der Waals surface area contributed by atoms with Crippen molar-refractivity contribution in [1.82, 2.24) is 0 Å². The van der Waals surface area contributed by atoms with Gasteiger partial charge in [0.2, 0.25) is 5.75 Å². The van der Waals surface area contributed by atoms with Crippen LogP contribution in [0.4, 0.5) is 5.69 Å². The Morgan fingerprint density at radius 1 is 0.676 bits per heavy atom. The van der Waals surface area contributed by atoms with Crippen molar-refractivity contribution in [3.05, 3.63) is 107 Å². The number of anilines is 1. The van der Waals surface area contributed by atoms with Crippen LogP contribution < -0.4 is 19.1 Å². The van der Waals surface area contributed by atoms with Gasteiger partial charge in [0.25, 0.3) is 0 Å². The topological polar surface area (TPSA) is 65.1 Å². The number of ether oxygens (including phenoxy) is 3. The average Bonchev–Trinajstić information content (AvgIpc) is 2.91. The Balaban J connectivity index is 1.81. The van der Waals surface area contributed by atoms with E-state index in [1.54, 1.807) is 53.7 Å². The number of Topliss-reactive ketones (excluding diaryl/α,β-unsaturated/α-hetero) is 2. The fraction of sp³-hybridized carbons (Fsp3) is 0.143. The highest BCUT2D eigenvalue weighted by Crippen LogP contribution is 2.42. The molecule has 0 saturated carbocycles. The van der Waals surface area contributed by atoms with E-state index < -0.39 is 0 Å². The Bertz CT molecular complexity index is 1170. The van der Waals surface area contributed by atoms with Crippen LogP contribution in [0.2, 0.25) is 0 Å². The van der Waals surface area contributed by atoms with Gasteiger partial charge in [-0.1, -0.05) is 60.7 Å². The molecular weight excluding hydrogens is 430 g/mol. The Labute approximate surface area is 198 Å². The molecule has 0 aliphatic carbocycles. The third kappa shape index (κ3) is 4.57. The van der Waals surface area contributed by atoms with Crippen molar-refractivity contribution >= 4 is 17.3 Å². The molecule has 0 saturated heterocycles. The average molecular weight is 456 g/mol. The Morgan fingerprint density at radius 2 is 1.12 bits per heavy atom. The molecule has 0 aromatic heterocycles. The number of methoxy groups -OCH3 is 3. The van der Waals surface area contributed by atoms with Crippen LogP contribution in [0.3, 0.4) is 0 Å². The molecule has 0 unspecified atom stereocenters. The van der Waals surface area contributed by atoms with Gasteiger partial charge >= 0.3 is 0 Å². The molecule has 6 heteroatoms. The van der Waals surface area contributed by atoms with E-state index in [2.05, 4.69) is 0 Å². The van der Waals surface area contributed by atoms with Crippen molar-refractivity contribution in [2.75, 3.05) is 26.2 Å². The molecule has 1 aliphatic heterocycles. The molecule has 6 nitrogen and oxygen atoms in total. The number of rotatable bonds is 8. The summed E-state index contributed by atoms with van der Waals surface area (Å²) in [5.41, 5.74) is 2.79. The molecule has 0 amide bonds. The SMILES string of the molecule is COc1cc(N2C=C(C(=O)c3ccccc3)CC(C(=O)c3ccccc3)=C2)cc(OC)c1OC. The molecule has 34 heavy (non-hydrogen) atoms. The lowest BCUT2D eigenvalue weighted by Crippen LogP contribution is -2.21. The maximum absolute atomic E-state index is 13.3. The third-order valence-corrected chi connectivity index (χ3v) is 5.57. The summed E-state index contributed by atoms with van der Waals surface area (Å²) in [6.07, 6.45) is 3.72. The fourth-order valence-corrected chi connectivity index (χ4v) is 3.86. The predicted molar refractivity (Wildman–Crippen MR) is 131 cm³/mol. The van der Waals surface area contributed by atoms with E-state index in [1.165, 1.54) is 21.3 Å². The van der Waals surface area contributed by atoms with Crippen LogP contribution in [-0.2, 0) is 0 Å². The smallest absolute Gasteiger partial charge is 0.203 e. The lowest BCUT2D eigenvalue weighted by Gasteiger charge is -2.26. The summed E-state index contributed by atoms with van der Waals surface area (Å²) in [5.74, 6) is 1.13. The van der Waals surface area contributed by atoms with Crippen LogP contribution >= 0.6 is 0 Å². The second-order valence-electron chi connectivity index (χ2n) is 7.67. The summed E-state index contributed by atoms with van der Waals surface area (Å²) >= 11 is 0. The molecule has 3 aromatic carbocycles. The zero-order chi connectivity index (χ0) is 24.1. The second-order valence-corrected chi connectivity index (χ2v) is 7.67. The van der Waals surface area contributed by atoms with E-state index in [9.17, 15) is 9.59 Å². The molecule has 3 aromatic rings. The first kappa shape index (κ1) is 22.9. The highest BCUT2D eigenvalue weighted by molar-refractivity contribution is 6.14. The van der Waals surface area contributed by atoms with E-state index in [0.29, 0.717) is 45.2 Å². The van der Waals surface area contributed by atoms with Gasteiger partial charge in [0.1, 0.15) is 0 Å². The van der Waals surface area contributed by atoms with Crippen molar-refractivity contribution in [2.24, 2.45) is 0 Å². The van der Waals surface area contributed by atoms with Gasteiger partial charge in [-0.15, -0.1) is 0 Å². The van der Waals surface area contributed by atoms with E-state index >= 15 is 0 Å². The summed E-state index contributed by atoms with van der Waals surface area (Å²) in [7, 11) is 4.61. The second kappa shape index (κ2) is 10.1. The molecule has 0 N–H and O–H groups in total. The monoisotopic (exact) mass is 455 g/mol. The normalized spacial score (nSPS) is 13.0. The molecule has 0 bridgehead atoms. The van der Waals surface area contributed by atoms with E-state index in [1.807, 2.05) is 36.4 Å². The van der Waals surface area contributed by atoms with Crippen molar-refractivity contribution < 1.29 is 23.8 Å². The lowest BCUT2D eigenvalue weighted by molar-refractivity contribution is 0.102. The summed E-state index contributed by atoms with van der Waals surface area (Å²) in [6.45, 7) is 0. The van der Waals surface area contributed by atoms with Gasteiger partial charge in [0.05, 0.1) is 27.0 Å². The molecule has 0 radical (unpaired) electrons. The van der Waals surface area contributed by atoms with Gasteiger partial charge in [-0.2, -0.15) is 0 Å². The van der Waals surface area contributed by atoms with Crippen molar-refractivity contribution in [2.45, 2.75) is 6.42 Å². The Hall–Kier alpha value is -4.32. The third-order valence-electron chi connectivity index (χ3n) is 5.57. The maximum atomic E-state index is 13.3. The summed E-state index contributed by atoms with van der Waals surface area (Å²) in [5, 5.41) is 0. The first-order valence-corrected chi connectivity index (χ1v) is 10.7. The number of nitrogens with zero attached hydrogens (tertiary/aromatic N) is 1. The number of carbonyl (C=O) groups excluding carboxylic acids is 2. The van der Waals surface area contributed by atoms with Crippen molar-refractivity contribution in [3.63, 3.8) is 0 Å². The van der Waals surface area contributed by atoms with Gasteiger partial charge in [-0.05, 0) is 0 Å². The molecule has 0 atom stereocenters. The molecule has 0 spiro atoms. The summed E-state index contributed by atoms with van der Waals surface area (Å²) in [6, 6.07) is 21.6. The van der Waals surface area contributed by atoms with Gasteiger partial charge in [0.15, 0.2) is 23.1 Å². The minimum atomic E-state index is -0.135. The Kier molecular flexibility index (Phi) is 6.78. The highest BCUT2D eigenvalue weighted by Gasteiger charge is 2.25. The maximum Gasteiger partial charge on any atom is 0.203 e. The first-order valence-electron chi connectivity index (χ1n) is 10.7. The van der Waals surface area contributed by atoms with E-state index in [0.717, 1.165) is 0 Å². The molecular formula is C28H25NO5. The molecule has 1 heterocycles. The number of hydrogen-bond donors (Lipinski definition) is 0. The fourth-order valence-electron chi connectivity index (χ4n) is 3.86. The summed E-state index contributed by atoms with van der Waals surface area (Å²) < 4.78 is 16.4. The van der Waals surface area contributed by atoms with Crippen LogP contribution in [0.25, 0.3) is 0 Å². The van der Waals surface area contributed by atoms with Crippen LogP contribution in [0, 0.1) is 0 Å². The number of carbonyl (C=O) groups is 2. The zero-order valence-electron chi connectivity index (χ0n) is 19.3. The van der Waals surface area contributed by atoms with Crippen LogP contribution in [-0.4, -0.2) is 32.9 Å². The largest absolute Gasteiger partial charge is 0.493 e. The zero-order valence-corrected chi connectivity index (χ0v) is 19.3. The molecule has 4 rings (SSSR count). The molecule has 172 valence electrons. The van der Waals surface area contributed by atoms with Crippen LogP contribution in [0.1, 0.15) is 27.1 Å². The van der Waals surface area contributed by atoms with Crippen molar-refractivity contribution in [3.8, 4) is 17.2 Å². The number of benzene rings is 3. The Morgan fingerprint density at radius 3 is 1.50 bits per heavy atom. The highest BCUT2D eigenvalue weighted by atomic mass is 16.5. The van der Waals surface area contributed by atoms with Gasteiger partial charge in [0, 0.05) is 53.2 Å². The number of ketones is 2. The molecule has 1 aliphatic rings. The lowest BCUT2D eigenvalue weighted by atomic mass is 9.91. The van der Waals surface area contributed by atoms with Gasteiger partial charge < -0.3 is 19.1 Å². The van der Waals surface area contributed by atoms with Crippen LogP contribution in [0.15, 0.2) is 96.3 Å². The predicted octanol–water partition coefficient (Wildman–Crippen LogP) is 5.46. The van der Waals surface area contributed by atoms with Gasteiger partial charge in [-0.25, -0.2) is 0 Å².